The zero-order chi connectivity index (χ0) is 15.1. The molecule has 1 heterocycles. The van der Waals surface area contributed by atoms with Gasteiger partial charge in [-0.05, 0) is 24.5 Å². The predicted molar refractivity (Wildman–Crippen MR) is 74.2 cm³/mol. The topological polar surface area (TPSA) is 80.6 Å². The first-order valence-electron chi connectivity index (χ1n) is 6.58. The van der Waals surface area contributed by atoms with E-state index in [0.29, 0.717) is 24.7 Å². The van der Waals surface area contributed by atoms with Gasteiger partial charge in [-0.25, -0.2) is 0 Å². The average Bonchev–Trinajstić information content (AvgIpc) is 2.85. The molecule has 2 N–H and O–H groups in total. The number of carbonyl (C=O) groups is 2. The quantitative estimate of drug-likeness (QED) is 0.790. The van der Waals surface area contributed by atoms with Crippen LogP contribution in [0.1, 0.15) is 36.6 Å². The molecule has 6 nitrogen and oxygen atoms in total. The van der Waals surface area contributed by atoms with Gasteiger partial charge in [0.15, 0.2) is 5.76 Å². The van der Waals surface area contributed by atoms with Gasteiger partial charge in [-0.3, -0.25) is 9.59 Å². The molecule has 0 aliphatic heterocycles. The SMILES string of the molecule is CNC(=O)C(CC(C)C)NC(=O)c1ccc(COC)o1. The first-order valence-corrected chi connectivity index (χ1v) is 6.58. The molecule has 0 radical (unpaired) electrons. The second kappa shape index (κ2) is 7.69. The molecule has 20 heavy (non-hydrogen) atoms. The molecule has 0 aliphatic carbocycles. The lowest BCUT2D eigenvalue weighted by Crippen LogP contribution is -2.46. The standard InChI is InChI=1S/C14H22N2O4/c1-9(2)7-11(13(17)15-3)16-14(18)12-6-5-10(20-12)8-19-4/h5-6,9,11H,7-8H2,1-4H3,(H,15,17)(H,16,18). The Morgan fingerprint density at radius 2 is 2.05 bits per heavy atom. The first-order chi connectivity index (χ1) is 9.47. The third kappa shape index (κ3) is 4.70. The fraction of sp³-hybridized carbons (Fsp3) is 0.571. The van der Waals surface area contributed by atoms with E-state index in [9.17, 15) is 9.59 Å². The Morgan fingerprint density at radius 1 is 1.35 bits per heavy atom. The van der Waals surface area contributed by atoms with Crippen LogP contribution in [0, 0.1) is 5.92 Å². The van der Waals surface area contributed by atoms with Crippen molar-refractivity contribution < 1.29 is 18.7 Å². The van der Waals surface area contributed by atoms with Gasteiger partial charge in [-0.15, -0.1) is 0 Å². The lowest BCUT2D eigenvalue weighted by atomic mass is 10.0. The van der Waals surface area contributed by atoms with Crippen molar-refractivity contribution in [3.63, 3.8) is 0 Å². The van der Waals surface area contributed by atoms with Gasteiger partial charge in [0.05, 0.1) is 0 Å². The van der Waals surface area contributed by atoms with E-state index < -0.39 is 11.9 Å². The minimum Gasteiger partial charge on any atom is -0.453 e. The van der Waals surface area contributed by atoms with Crippen LogP contribution in [0.4, 0.5) is 0 Å². The molecule has 1 unspecified atom stereocenters. The summed E-state index contributed by atoms with van der Waals surface area (Å²) < 4.78 is 10.3. The molecule has 112 valence electrons. The Balaban J connectivity index is 2.71. The molecule has 1 rings (SSSR count). The second-order valence-electron chi connectivity index (χ2n) is 4.97. The first kappa shape index (κ1) is 16.2. The van der Waals surface area contributed by atoms with E-state index in [1.165, 1.54) is 0 Å². The Labute approximate surface area is 118 Å². The van der Waals surface area contributed by atoms with Crippen LogP contribution in [-0.4, -0.2) is 32.0 Å². The molecule has 0 aliphatic rings. The van der Waals surface area contributed by atoms with Crippen LogP contribution in [0.2, 0.25) is 0 Å². The van der Waals surface area contributed by atoms with Crippen molar-refractivity contribution in [1.29, 1.82) is 0 Å². The van der Waals surface area contributed by atoms with Crippen molar-refractivity contribution in [2.45, 2.75) is 32.9 Å². The summed E-state index contributed by atoms with van der Waals surface area (Å²) >= 11 is 0. The average molecular weight is 282 g/mol. The third-order valence-corrected chi connectivity index (χ3v) is 2.75. The molecule has 1 aromatic heterocycles. The molecular weight excluding hydrogens is 260 g/mol. The van der Waals surface area contributed by atoms with E-state index >= 15 is 0 Å². The third-order valence-electron chi connectivity index (χ3n) is 2.75. The molecular formula is C14H22N2O4. The van der Waals surface area contributed by atoms with Crippen LogP contribution in [0.3, 0.4) is 0 Å². The molecule has 0 aromatic carbocycles. The van der Waals surface area contributed by atoms with Gasteiger partial charge in [0.1, 0.15) is 18.4 Å². The van der Waals surface area contributed by atoms with Gasteiger partial charge in [-0.1, -0.05) is 13.8 Å². The molecule has 0 saturated carbocycles. The summed E-state index contributed by atoms with van der Waals surface area (Å²) in [6, 6.07) is 2.68. The van der Waals surface area contributed by atoms with Crippen molar-refractivity contribution in [3.05, 3.63) is 23.7 Å². The summed E-state index contributed by atoms with van der Waals surface area (Å²) in [7, 11) is 3.10. The summed E-state index contributed by atoms with van der Waals surface area (Å²) in [4.78, 5) is 23.8. The fourth-order valence-corrected chi connectivity index (χ4v) is 1.83. The maximum Gasteiger partial charge on any atom is 0.287 e. The Kier molecular flexibility index (Phi) is 6.24. The van der Waals surface area contributed by atoms with Gasteiger partial charge in [0.2, 0.25) is 5.91 Å². The number of likely N-dealkylation sites (N-methyl/N-ethyl adjacent to an activating group) is 1. The van der Waals surface area contributed by atoms with E-state index in [2.05, 4.69) is 10.6 Å². The summed E-state index contributed by atoms with van der Waals surface area (Å²) in [5.74, 6) is 0.420. The Bertz CT molecular complexity index is 454. The highest BCUT2D eigenvalue weighted by Gasteiger charge is 2.22. The number of hydrogen-bond acceptors (Lipinski definition) is 4. The molecule has 2 amide bonds. The van der Waals surface area contributed by atoms with Gasteiger partial charge < -0.3 is 19.8 Å². The van der Waals surface area contributed by atoms with E-state index in [4.69, 9.17) is 9.15 Å². The van der Waals surface area contributed by atoms with Gasteiger partial charge >= 0.3 is 0 Å². The molecule has 0 fully saturated rings. The van der Waals surface area contributed by atoms with Crippen LogP contribution in [0.15, 0.2) is 16.5 Å². The number of methoxy groups -OCH3 is 1. The van der Waals surface area contributed by atoms with Crippen LogP contribution >= 0.6 is 0 Å². The number of carbonyl (C=O) groups excluding carboxylic acids is 2. The van der Waals surface area contributed by atoms with E-state index in [1.807, 2.05) is 13.8 Å². The van der Waals surface area contributed by atoms with Crippen molar-refractivity contribution in [2.75, 3.05) is 14.2 Å². The molecule has 0 spiro atoms. The van der Waals surface area contributed by atoms with Crippen LogP contribution in [0.25, 0.3) is 0 Å². The monoisotopic (exact) mass is 282 g/mol. The highest BCUT2D eigenvalue weighted by atomic mass is 16.5. The van der Waals surface area contributed by atoms with Crippen LogP contribution in [0.5, 0.6) is 0 Å². The second-order valence-corrected chi connectivity index (χ2v) is 4.97. The van der Waals surface area contributed by atoms with Gasteiger partial charge in [-0.2, -0.15) is 0 Å². The normalized spacial score (nSPS) is 12.2. The van der Waals surface area contributed by atoms with Crippen molar-refractivity contribution in [1.82, 2.24) is 10.6 Å². The van der Waals surface area contributed by atoms with Crippen LogP contribution in [-0.2, 0) is 16.1 Å². The molecule has 6 heteroatoms. The highest BCUT2D eigenvalue weighted by Crippen LogP contribution is 2.11. The molecule has 0 saturated heterocycles. The summed E-state index contributed by atoms with van der Waals surface area (Å²) in [6.07, 6.45) is 0.567. The highest BCUT2D eigenvalue weighted by molar-refractivity contribution is 5.95. The summed E-state index contributed by atoms with van der Waals surface area (Å²) in [5, 5.41) is 5.23. The minimum atomic E-state index is -0.566. The van der Waals surface area contributed by atoms with Crippen LogP contribution < -0.4 is 10.6 Å². The number of amides is 2. The van der Waals surface area contributed by atoms with Gasteiger partial charge in [0, 0.05) is 14.2 Å². The van der Waals surface area contributed by atoms with Crippen molar-refractivity contribution in [2.24, 2.45) is 5.92 Å². The van der Waals surface area contributed by atoms with Gasteiger partial charge in [0.25, 0.3) is 5.91 Å². The van der Waals surface area contributed by atoms with E-state index in [1.54, 1.807) is 26.3 Å². The van der Waals surface area contributed by atoms with E-state index in [-0.39, 0.29) is 11.7 Å². The maximum atomic E-state index is 12.0. The minimum absolute atomic E-state index is 0.176. The predicted octanol–water partition coefficient (Wildman–Crippen LogP) is 1.32. The zero-order valence-corrected chi connectivity index (χ0v) is 12.4. The number of rotatable bonds is 7. The maximum absolute atomic E-state index is 12.0. The van der Waals surface area contributed by atoms with E-state index in [0.717, 1.165) is 0 Å². The lowest BCUT2D eigenvalue weighted by molar-refractivity contribution is -0.122. The number of ether oxygens (including phenoxy) is 1. The summed E-state index contributed by atoms with van der Waals surface area (Å²) in [5.41, 5.74) is 0. The molecule has 1 atom stereocenters. The molecule has 1 aromatic rings. The number of hydrogen-bond donors (Lipinski definition) is 2. The summed E-state index contributed by atoms with van der Waals surface area (Å²) in [6.45, 7) is 4.29. The molecule has 0 bridgehead atoms. The Hall–Kier alpha value is -1.82. The van der Waals surface area contributed by atoms with Crippen molar-refractivity contribution in [3.8, 4) is 0 Å². The largest absolute Gasteiger partial charge is 0.453 e. The zero-order valence-electron chi connectivity index (χ0n) is 12.4. The fourth-order valence-electron chi connectivity index (χ4n) is 1.83. The lowest BCUT2D eigenvalue weighted by Gasteiger charge is -2.18. The Morgan fingerprint density at radius 3 is 2.60 bits per heavy atom. The smallest absolute Gasteiger partial charge is 0.287 e. The van der Waals surface area contributed by atoms with Crippen molar-refractivity contribution >= 4 is 11.8 Å². The number of nitrogens with one attached hydrogen (secondary N) is 2. The number of furan rings is 1.